The SMILES string of the molecule is CC(=O)C(C)(Cl)Cc1cc(Cl)c(Cl)cc1Cl. The van der Waals surface area contributed by atoms with Crippen LogP contribution in [0, 0.1) is 0 Å². The van der Waals surface area contributed by atoms with E-state index in [1.54, 1.807) is 19.1 Å². The average molecular weight is 300 g/mol. The van der Waals surface area contributed by atoms with Crippen LogP contribution < -0.4 is 0 Å². The predicted octanol–water partition coefficient (Wildman–Crippen LogP) is 4.78. The van der Waals surface area contributed by atoms with Gasteiger partial charge in [-0.1, -0.05) is 34.8 Å². The molecule has 0 aromatic heterocycles. The second-order valence-corrected chi connectivity index (χ2v) is 5.84. The van der Waals surface area contributed by atoms with Crippen LogP contribution in [0.2, 0.25) is 15.1 Å². The minimum atomic E-state index is -0.971. The molecule has 0 radical (unpaired) electrons. The molecule has 0 aliphatic rings. The van der Waals surface area contributed by atoms with Crippen LogP contribution in [0.4, 0.5) is 0 Å². The topological polar surface area (TPSA) is 17.1 Å². The van der Waals surface area contributed by atoms with Crippen LogP contribution in [0.25, 0.3) is 0 Å². The van der Waals surface area contributed by atoms with Gasteiger partial charge in [-0.15, -0.1) is 11.6 Å². The van der Waals surface area contributed by atoms with Gasteiger partial charge in [0.2, 0.25) is 0 Å². The maximum Gasteiger partial charge on any atom is 0.150 e. The zero-order chi connectivity index (χ0) is 12.5. The quantitative estimate of drug-likeness (QED) is 0.580. The maximum absolute atomic E-state index is 11.3. The molecule has 88 valence electrons. The van der Waals surface area contributed by atoms with Crippen molar-refractivity contribution in [3.05, 3.63) is 32.8 Å². The van der Waals surface area contributed by atoms with Crippen molar-refractivity contribution in [2.75, 3.05) is 0 Å². The highest BCUT2D eigenvalue weighted by molar-refractivity contribution is 6.43. The molecule has 0 aliphatic heterocycles. The van der Waals surface area contributed by atoms with Crippen LogP contribution in [-0.4, -0.2) is 10.7 Å². The summed E-state index contributed by atoms with van der Waals surface area (Å²) in [5.74, 6) is -0.115. The first-order valence-corrected chi connectivity index (χ1v) is 6.08. The van der Waals surface area contributed by atoms with E-state index in [2.05, 4.69) is 0 Å². The van der Waals surface area contributed by atoms with Gasteiger partial charge in [0.15, 0.2) is 5.78 Å². The first-order valence-electron chi connectivity index (χ1n) is 4.57. The Balaban J connectivity index is 3.07. The number of carbonyl (C=O) groups excluding carboxylic acids is 1. The Morgan fingerprint density at radius 1 is 1.19 bits per heavy atom. The molecule has 1 rings (SSSR count). The van der Waals surface area contributed by atoms with Gasteiger partial charge in [-0.25, -0.2) is 0 Å². The molecule has 0 saturated carbocycles. The monoisotopic (exact) mass is 298 g/mol. The lowest BCUT2D eigenvalue weighted by molar-refractivity contribution is -0.119. The van der Waals surface area contributed by atoms with Gasteiger partial charge in [-0.3, -0.25) is 4.79 Å². The summed E-state index contributed by atoms with van der Waals surface area (Å²) in [7, 11) is 0. The summed E-state index contributed by atoms with van der Waals surface area (Å²) in [5, 5.41) is 1.24. The molecule has 1 aromatic carbocycles. The molecule has 5 heteroatoms. The lowest BCUT2D eigenvalue weighted by atomic mass is 9.97. The normalized spacial score (nSPS) is 14.6. The summed E-state index contributed by atoms with van der Waals surface area (Å²) < 4.78 is 0. The molecule has 0 aliphatic carbocycles. The molecule has 16 heavy (non-hydrogen) atoms. The Bertz CT molecular complexity index is 426. The van der Waals surface area contributed by atoms with Crippen molar-refractivity contribution in [1.82, 2.24) is 0 Å². The van der Waals surface area contributed by atoms with E-state index in [1.165, 1.54) is 6.92 Å². The fourth-order valence-electron chi connectivity index (χ4n) is 1.18. The molecule has 0 N–H and O–H groups in total. The largest absolute Gasteiger partial charge is 0.298 e. The van der Waals surface area contributed by atoms with Gasteiger partial charge in [0.05, 0.1) is 10.0 Å². The molecule has 0 fully saturated rings. The van der Waals surface area contributed by atoms with E-state index in [-0.39, 0.29) is 5.78 Å². The summed E-state index contributed by atoms with van der Waals surface area (Å²) in [6.45, 7) is 3.09. The van der Waals surface area contributed by atoms with Crippen LogP contribution in [0.15, 0.2) is 12.1 Å². The van der Waals surface area contributed by atoms with E-state index in [9.17, 15) is 4.79 Å². The average Bonchev–Trinajstić information content (AvgIpc) is 2.13. The van der Waals surface area contributed by atoms with Gasteiger partial charge in [-0.2, -0.15) is 0 Å². The Morgan fingerprint density at radius 3 is 2.19 bits per heavy atom. The highest BCUT2D eigenvalue weighted by atomic mass is 35.5. The standard InChI is InChI=1S/C11H10Cl4O/c1-6(16)11(2,15)5-7-3-9(13)10(14)4-8(7)12/h3-4H,5H2,1-2H3. The number of hydrogen-bond donors (Lipinski definition) is 0. The third kappa shape index (κ3) is 3.27. The fraction of sp³-hybridized carbons (Fsp3) is 0.364. The van der Waals surface area contributed by atoms with E-state index < -0.39 is 4.87 Å². The van der Waals surface area contributed by atoms with Gasteiger partial charge in [0.1, 0.15) is 4.87 Å². The second kappa shape index (κ2) is 5.14. The molecule has 1 atom stereocenters. The molecule has 0 spiro atoms. The van der Waals surface area contributed by atoms with Gasteiger partial charge in [-0.05, 0) is 38.0 Å². The number of hydrogen-bond acceptors (Lipinski definition) is 1. The predicted molar refractivity (Wildman–Crippen MR) is 70.1 cm³/mol. The molecule has 0 amide bonds. The number of carbonyl (C=O) groups is 1. The number of alkyl halides is 1. The van der Waals surface area contributed by atoms with Crippen molar-refractivity contribution in [2.24, 2.45) is 0 Å². The number of ketones is 1. The summed E-state index contributed by atoms with van der Waals surface area (Å²) in [6.07, 6.45) is 0.319. The highest BCUT2D eigenvalue weighted by Gasteiger charge is 2.28. The van der Waals surface area contributed by atoms with Gasteiger partial charge < -0.3 is 0 Å². The first-order chi connectivity index (χ1) is 7.24. The number of Topliss-reactive ketones (excluding diaryl/α,β-unsaturated/α-hetero) is 1. The molecule has 1 aromatic rings. The van der Waals surface area contributed by atoms with Crippen molar-refractivity contribution in [3.63, 3.8) is 0 Å². The van der Waals surface area contributed by atoms with Crippen LogP contribution >= 0.6 is 46.4 Å². The fourth-order valence-corrected chi connectivity index (χ4v) is 1.96. The lowest BCUT2D eigenvalue weighted by Gasteiger charge is -2.19. The number of halogens is 4. The Labute approximate surface area is 115 Å². The minimum absolute atomic E-state index is 0.115. The van der Waals surface area contributed by atoms with Crippen LogP contribution in [0.1, 0.15) is 19.4 Å². The first kappa shape index (κ1) is 14.1. The molecule has 0 bridgehead atoms. The lowest BCUT2D eigenvalue weighted by Crippen LogP contribution is -2.29. The van der Waals surface area contributed by atoms with E-state index >= 15 is 0 Å². The van der Waals surface area contributed by atoms with Crippen LogP contribution in [0.5, 0.6) is 0 Å². The molecule has 1 unspecified atom stereocenters. The zero-order valence-electron chi connectivity index (χ0n) is 8.78. The zero-order valence-corrected chi connectivity index (χ0v) is 11.8. The van der Waals surface area contributed by atoms with Crippen LogP contribution in [-0.2, 0) is 11.2 Å². The Kier molecular flexibility index (Phi) is 4.53. The summed E-state index contributed by atoms with van der Waals surface area (Å²) in [6, 6.07) is 3.18. The second-order valence-electron chi connectivity index (χ2n) is 3.79. The summed E-state index contributed by atoms with van der Waals surface area (Å²) >= 11 is 23.8. The van der Waals surface area contributed by atoms with E-state index in [0.29, 0.717) is 27.1 Å². The van der Waals surface area contributed by atoms with Crippen molar-refractivity contribution in [2.45, 2.75) is 25.1 Å². The molecular formula is C11H10Cl4O. The number of rotatable bonds is 3. The Hall–Kier alpha value is 0.0500. The maximum atomic E-state index is 11.3. The van der Waals surface area contributed by atoms with Gasteiger partial charge in [0.25, 0.3) is 0 Å². The Morgan fingerprint density at radius 2 is 1.69 bits per heavy atom. The third-order valence-electron chi connectivity index (χ3n) is 2.35. The third-order valence-corrected chi connectivity index (χ3v) is 3.82. The molecule has 1 nitrogen and oxygen atoms in total. The number of benzene rings is 1. The highest BCUT2D eigenvalue weighted by Crippen LogP contribution is 2.32. The van der Waals surface area contributed by atoms with Gasteiger partial charge >= 0.3 is 0 Å². The molecular weight excluding hydrogens is 290 g/mol. The molecule has 0 heterocycles. The van der Waals surface area contributed by atoms with Crippen molar-refractivity contribution in [3.8, 4) is 0 Å². The smallest absolute Gasteiger partial charge is 0.150 e. The van der Waals surface area contributed by atoms with E-state index in [4.69, 9.17) is 46.4 Å². The van der Waals surface area contributed by atoms with Crippen molar-refractivity contribution < 1.29 is 4.79 Å². The van der Waals surface area contributed by atoms with E-state index in [1.807, 2.05) is 0 Å². The van der Waals surface area contributed by atoms with Crippen LogP contribution in [0.3, 0.4) is 0 Å². The summed E-state index contributed by atoms with van der Waals surface area (Å²) in [5.41, 5.74) is 0.712. The molecule has 0 saturated heterocycles. The summed E-state index contributed by atoms with van der Waals surface area (Å²) in [4.78, 5) is 10.3. The van der Waals surface area contributed by atoms with Gasteiger partial charge in [0, 0.05) is 5.02 Å². The van der Waals surface area contributed by atoms with Crippen molar-refractivity contribution in [1.29, 1.82) is 0 Å². The van der Waals surface area contributed by atoms with Crippen molar-refractivity contribution >= 4 is 52.2 Å². The minimum Gasteiger partial charge on any atom is -0.298 e. The van der Waals surface area contributed by atoms with E-state index in [0.717, 1.165) is 0 Å².